The number of aryl methyl sites for hydroxylation is 1. The molecule has 1 fully saturated rings. The van der Waals surface area contributed by atoms with Crippen LogP contribution in [0.2, 0.25) is 0 Å². The molecule has 0 radical (unpaired) electrons. The van der Waals surface area contributed by atoms with Crippen LogP contribution in [0, 0.1) is 6.92 Å². The minimum Gasteiger partial charge on any atom is -0.469 e. The van der Waals surface area contributed by atoms with Crippen LogP contribution in [0.5, 0.6) is 0 Å². The van der Waals surface area contributed by atoms with Crippen LogP contribution in [-0.4, -0.2) is 29.4 Å². The number of esters is 1. The molecule has 0 unspecified atom stereocenters. The molecule has 1 saturated heterocycles. The summed E-state index contributed by atoms with van der Waals surface area (Å²) >= 11 is 1.06. The number of rotatable bonds is 3. The maximum atomic E-state index is 11.4. The van der Waals surface area contributed by atoms with Gasteiger partial charge >= 0.3 is 5.97 Å². The lowest BCUT2D eigenvalue weighted by Crippen LogP contribution is -2.26. The van der Waals surface area contributed by atoms with Gasteiger partial charge in [-0.05, 0) is 19.1 Å². The Morgan fingerprint density at radius 1 is 1.42 bits per heavy atom. The molecular formula is C13H14N2O3S. The summed E-state index contributed by atoms with van der Waals surface area (Å²) in [6.45, 7) is 1.99. The van der Waals surface area contributed by atoms with Gasteiger partial charge in [0.05, 0.1) is 24.5 Å². The maximum Gasteiger partial charge on any atom is 0.307 e. The molecule has 1 aliphatic heterocycles. The van der Waals surface area contributed by atoms with E-state index in [4.69, 9.17) is 0 Å². The lowest BCUT2D eigenvalue weighted by Gasteiger charge is -2.07. The van der Waals surface area contributed by atoms with E-state index in [0.29, 0.717) is 5.84 Å². The SMILES string of the molecule is COC(=O)C[C@H]1SC(=O)NC1=Nc1ccc(C)cc1. The highest BCUT2D eigenvalue weighted by molar-refractivity contribution is 8.15. The van der Waals surface area contributed by atoms with Crippen LogP contribution in [0.3, 0.4) is 0 Å². The highest BCUT2D eigenvalue weighted by atomic mass is 32.2. The minimum atomic E-state index is -0.356. The van der Waals surface area contributed by atoms with E-state index in [0.717, 1.165) is 23.0 Å². The topological polar surface area (TPSA) is 67.8 Å². The first-order chi connectivity index (χ1) is 9.08. The first-order valence-electron chi connectivity index (χ1n) is 5.78. The fraction of sp³-hybridized carbons (Fsp3) is 0.308. The highest BCUT2D eigenvalue weighted by Crippen LogP contribution is 2.25. The van der Waals surface area contributed by atoms with Crippen LogP contribution < -0.4 is 5.32 Å². The fourth-order valence-electron chi connectivity index (χ4n) is 1.63. The zero-order valence-electron chi connectivity index (χ0n) is 10.7. The van der Waals surface area contributed by atoms with E-state index in [1.807, 2.05) is 31.2 Å². The number of aliphatic imine (C=N–C) groups is 1. The van der Waals surface area contributed by atoms with Crippen molar-refractivity contribution in [3.63, 3.8) is 0 Å². The van der Waals surface area contributed by atoms with Gasteiger partial charge in [-0.1, -0.05) is 29.5 Å². The molecule has 0 aliphatic carbocycles. The molecule has 1 aromatic carbocycles. The number of amidine groups is 1. The average molecular weight is 278 g/mol. The standard InChI is InChI=1S/C13H14N2O3S/c1-8-3-5-9(6-4-8)14-12-10(7-11(16)18-2)19-13(17)15-12/h3-6,10H,7H2,1-2H3,(H,14,15,17)/t10-/m1/s1. The molecule has 1 atom stereocenters. The van der Waals surface area contributed by atoms with Crippen molar-refractivity contribution in [3.05, 3.63) is 29.8 Å². The second-order valence-corrected chi connectivity index (χ2v) is 5.31. The average Bonchev–Trinajstić information content (AvgIpc) is 2.72. The van der Waals surface area contributed by atoms with Crippen molar-refractivity contribution in [1.82, 2.24) is 5.32 Å². The summed E-state index contributed by atoms with van der Waals surface area (Å²) in [5.74, 6) is 0.148. The molecule has 0 bridgehead atoms. The lowest BCUT2D eigenvalue weighted by molar-refractivity contribution is -0.140. The zero-order valence-corrected chi connectivity index (χ0v) is 11.5. The molecule has 0 spiro atoms. The molecule has 1 aliphatic rings. The summed E-state index contributed by atoms with van der Waals surface area (Å²) in [6, 6.07) is 7.62. The first kappa shape index (κ1) is 13.6. The van der Waals surface area contributed by atoms with Crippen LogP contribution in [0.15, 0.2) is 29.3 Å². The van der Waals surface area contributed by atoms with Gasteiger partial charge in [-0.25, -0.2) is 4.99 Å². The Kier molecular flexibility index (Phi) is 4.21. The van der Waals surface area contributed by atoms with Gasteiger partial charge in [0.25, 0.3) is 5.24 Å². The van der Waals surface area contributed by atoms with E-state index in [1.54, 1.807) is 0 Å². The Bertz CT molecular complexity index is 525. The quantitative estimate of drug-likeness (QED) is 0.862. The van der Waals surface area contributed by atoms with Crippen molar-refractivity contribution < 1.29 is 14.3 Å². The zero-order chi connectivity index (χ0) is 13.8. The van der Waals surface area contributed by atoms with Crippen LogP contribution >= 0.6 is 11.8 Å². The van der Waals surface area contributed by atoms with E-state index in [2.05, 4.69) is 15.0 Å². The van der Waals surface area contributed by atoms with E-state index in [9.17, 15) is 9.59 Å². The predicted molar refractivity (Wildman–Crippen MR) is 74.8 cm³/mol. The molecule has 1 N–H and O–H groups in total. The Hall–Kier alpha value is -1.82. The number of methoxy groups -OCH3 is 1. The molecule has 0 saturated carbocycles. The lowest BCUT2D eigenvalue weighted by atomic mass is 10.2. The van der Waals surface area contributed by atoms with Gasteiger partial charge in [-0.15, -0.1) is 0 Å². The van der Waals surface area contributed by atoms with Crippen molar-refractivity contribution in [2.45, 2.75) is 18.6 Å². The Morgan fingerprint density at radius 2 is 2.11 bits per heavy atom. The summed E-state index contributed by atoms with van der Waals surface area (Å²) in [6.07, 6.45) is 0.130. The summed E-state index contributed by atoms with van der Waals surface area (Å²) in [5.41, 5.74) is 1.89. The van der Waals surface area contributed by atoms with Gasteiger partial charge in [0.15, 0.2) is 0 Å². The number of benzene rings is 1. The normalized spacial score (nSPS) is 20.4. The third kappa shape index (κ3) is 3.57. The summed E-state index contributed by atoms with van der Waals surface area (Å²) < 4.78 is 4.62. The van der Waals surface area contributed by atoms with Crippen molar-refractivity contribution in [3.8, 4) is 0 Å². The van der Waals surface area contributed by atoms with Crippen LogP contribution in [0.1, 0.15) is 12.0 Å². The smallest absolute Gasteiger partial charge is 0.307 e. The van der Waals surface area contributed by atoms with Gasteiger partial charge in [0.1, 0.15) is 5.84 Å². The van der Waals surface area contributed by atoms with Crippen molar-refractivity contribution in [2.75, 3.05) is 7.11 Å². The van der Waals surface area contributed by atoms with Gasteiger partial charge < -0.3 is 10.1 Å². The Balaban J connectivity index is 2.18. The van der Waals surface area contributed by atoms with Crippen molar-refractivity contribution >= 4 is 34.5 Å². The molecular weight excluding hydrogens is 264 g/mol. The molecule has 19 heavy (non-hydrogen) atoms. The number of hydrogen-bond acceptors (Lipinski definition) is 5. The van der Waals surface area contributed by atoms with Crippen LogP contribution in [0.4, 0.5) is 10.5 Å². The molecule has 1 amide bonds. The number of amides is 1. The van der Waals surface area contributed by atoms with Crippen LogP contribution in [0.25, 0.3) is 0 Å². The monoisotopic (exact) mass is 278 g/mol. The Labute approximate surface area is 115 Å². The molecule has 0 aromatic heterocycles. The fourth-order valence-corrected chi connectivity index (χ4v) is 2.50. The van der Waals surface area contributed by atoms with Crippen LogP contribution in [-0.2, 0) is 9.53 Å². The number of thioether (sulfide) groups is 1. The molecule has 2 rings (SSSR count). The third-order valence-electron chi connectivity index (χ3n) is 2.65. The second-order valence-electron chi connectivity index (χ2n) is 4.13. The second kappa shape index (κ2) is 5.88. The summed E-state index contributed by atoms with van der Waals surface area (Å²) in [7, 11) is 1.33. The molecule has 1 heterocycles. The molecule has 6 heteroatoms. The summed E-state index contributed by atoms with van der Waals surface area (Å²) in [4.78, 5) is 27.1. The molecule has 5 nitrogen and oxygen atoms in total. The third-order valence-corrected chi connectivity index (χ3v) is 3.64. The van der Waals surface area contributed by atoms with E-state index < -0.39 is 0 Å². The highest BCUT2D eigenvalue weighted by Gasteiger charge is 2.31. The van der Waals surface area contributed by atoms with Gasteiger partial charge in [0.2, 0.25) is 0 Å². The number of carbonyl (C=O) groups excluding carboxylic acids is 2. The van der Waals surface area contributed by atoms with Crippen molar-refractivity contribution in [1.29, 1.82) is 0 Å². The number of nitrogens with zero attached hydrogens (tertiary/aromatic N) is 1. The largest absolute Gasteiger partial charge is 0.469 e. The minimum absolute atomic E-state index is 0.130. The van der Waals surface area contributed by atoms with Gasteiger partial charge in [-0.3, -0.25) is 9.59 Å². The molecule has 100 valence electrons. The van der Waals surface area contributed by atoms with E-state index in [1.165, 1.54) is 7.11 Å². The number of ether oxygens (including phenoxy) is 1. The summed E-state index contributed by atoms with van der Waals surface area (Å²) in [5, 5.41) is 2.16. The number of carbonyl (C=O) groups is 2. The maximum absolute atomic E-state index is 11.4. The van der Waals surface area contributed by atoms with Gasteiger partial charge in [0, 0.05) is 0 Å². The van der Waals surface area contributed by atoms with E-state index in [-0.39, 0.29) is 22.9 Å². The number of nitrogens with one attached hydrogen (secondary N) is 1. The van der Waals surface area contributed by atoms with Crippen molar-refractivity contribution in [2.24, 2.45) is 4.99 Å². The Morgan fingerprint density at radius 3 is 2.74 bits per heavy atom. The van der Waals surface area contributed by atoms with E-state index >= 15 is 0 Å². The predicted octanol–water partition coefficient (Wildman–Crippen LogP) is 2.41. The number of hydrogen-bond donors (Lipinski definition) is 1. The molecule has 1 aromatic rings. The first-order valence-corrected chi connectivity index (χ1v) is 6.66. The van der Waals surface area contributed by atoms with Gasteiger partial charge in [-0.2, -0.15) is 0 Å².